The number of aromatic nitrogens is 2. The van der Waals surface area contributed by atoms with Gasteiger partial charge in [0.2, 0.25) is 11.8 Å². The van der Waals surface area contributed by atoms with E-state index in [9.17, 15) is 0 Å². The average molecular weight is 234 g/mol. The summed E-state index contributed by atoms with van der Waals surface area (Å²) in [6, 6.07) is 9.02. The fourth-order valence-electron chi connectivity index (χ4n) is 1.23. The number of hydrogen-bond acceptors (Lipinski definition) is 4. The molecule has 5 heteroatoms. The molecule has 0 aliphatic rings. The molecule has 0 radical (unpaired) electrons. The smallest absolute Gasteiger partial charge is 0.247 e. The first-order valence-corrected chi connectivity index (χ1v) is 5.12. The van der Waals surface area contributed by atoms with Crippen molar-refractivity contribution in [3.05, 3.63) is 35.7 Å². The lowest BCUT2D eigenvalue weighted by Gasteiger charge is -1.95. The first-order valence-electron chi connectivity index (χ1n) is 4.68. The highest BCUT2D eigenvalue weighted by Crippen LogP contribution is 2.23. The quantitative estimate of drug-likeness (QED) is 0.749. The van der Waals surface area contributed by atoms with Gasteiger partial charge in [0.1, 0.15) is 5.38 Å². The van der Waals surface area contributed by atoms with Crippen molar-refractivity contribution in [2.45, 2.75) is 12.3 Å². The van der Waals surface area contributed by atoms with E-state index in [0.717, 1.165) is 5.56 Å². The van der Waals surface area contributed by atoms with Gasteiger partial charge in [0.25, 0.3) is 0 Å². The molecule has 0 bridgehead atoms. The molecule has 1 heterocycles. The summed E-state index contributed by atoms with van der Waals surface area (Å²) in [6.07, 6.45) is 0. The monoisotopic (exact) mass is 233 g/mol. The summed E-state index contributed by atoms with van der Waals surface area (Å²) >= 11 is 5.81. The Morgan fingerprint density at radius 3 is 2.88 bits per heavy atom. The van der Waals surface area contributed by atoms with Crippen LogP contribution in [0.4, 0.5) is 0 Å². The van der Waals surface area contributed by atoms with E-state index in [1.54, 1.807) is 31.2 Å². The predicted molar refractivity (Wildman–Crippen MR) is 58.7 cm³/mol. The lowest BCUT2D eigenvalue weighted by Crippen LogP contribution is -1.81. The van der Waals surface area contributed by atoms with Crippen LogP contribution in [-0.4, -0.2) is 10.2 Å². The summed E-state index contributed by atoms with van der Waals surface area (Å²) in [5, 5.41) is 16.1. The number of benzene rings is 1. The molecule has 16 heavy (non-hydrogen) atoms. The number of nitrogens with zero attached hydrogens (tertiary/aromatic N) is 3. The second kappa shape index (κ2) is 4.33. The van der Waals surface area contributed by atoms with Crippen LogP contribution in [-0.2, 0) is 0 Å². The van der Waals surface area contributed by atoms with Crippen molar-refractivity contribution in [2.24, 2.45) is 0 Å². The molecule has 2 rings (SSSR count). The van der Waals surface area contributed by atoms with E-state index >= 15 is 0 Å². The van der Waals surface area contributed by atoms with E-state index in [4.69, 9.17) is 21.3 Å². The van der Waals surface area contributed by atoms with Crippen LogP contribution in [0.1, 0.15) is 23.8 Å². The summed E-state index contributed by atoms with van der Waals surface area (Å²) < 4.78 is 5.37. The molecule has 0 fully saturated rings. The molecule has 80 valence electrons. The summed E-state index contributed by atoms with van der Waals surface area (Å²) in [7, 11) is 0. The van der Waals surface area contributed by atoms with Crippen molar-refractivity contribution in [3.63, 3.8) is 0 Å². The lowest BCUT2D eigenvalue weighted by molar-refractivity contribution is 0.507. The van der Waals surface area contributed by atoms with Crippen LogP contribution in [0.2, 0.25) is 0 Å². The Labute approximate surface area is 97.5 Å². The van der Waals surface area contributed by atoms with Gasteiger partial charge in [-0.3, -0.25) is 0 Å². The molecule has 1 unspecified atom stereocenters. The van der Waals surface area contributed by atoms with Crippen LogP contribution in [0.15, 0.2) is 28.7 Å². The van der Waals surface area contributed by atoms with Crippen molar-refractivity contribution in [3.8, 4) is 17.5 Å². The van der Waals surface area contributed by atoms with Gasteiger partial charge in [0.05, 0.1) is 11.6 Å². The Hall–Kier alpha value is -1.86. The summed E-state index contributed by atoms with van der Waals surface area (Å²) in [5.41, 5.74) is 1.27. The average Bonchev–Trinajstić information content (AvgIpc) is 2.78. The van der Waals surface area contributed by atoms with E-state index in [2.05, 4.69) is 16.3 Å². The van der Waals surface area contributed by atoms with Crippen molar-refractivity contribution >= 4 is 11.6 Å². The summed E-state index contributed by atoms with van der Waals surface area (Å²) in [4.78, 5) is 0. The Morgan fingerprint density at radius 2 is 2.25 bits per heavy atom. The number of alkyl halides is 1. The van der Waals surface area contributed by atoms with E-state index in [-0.39, 0.29) is 5.38 Å². The fourth-order valence-corrected chi connectivity index (χ4v) is 1.32. The fraction of sp³-hybridized carbons (Fsp3) is 0.182. The number of nitriles is 1. The second-order valence-electron chi connectivity index (χ2n) is 3.25. The first kappa shape index (κ1) is 10.7. The molecule has 0 aliphatic carbocycles. The third kappa shape index (κ3) is 2.05. The van der Waals surface area contributed by atoms with Gasteiger partial charge < -0.3 is 4.42 Å². The molecule has 1 aromatic heterocycles. The minimum atomic E-state index is -0.319. The number of halogens is 1. The van der Waals surface area contributed by atoms with Gasteiger partial charge in [0.15, 0.2) is 0 Å². The van der Waals surface area contributed by atoms with Crippen LogP contribution < -0.4 is 0 Å². The van der Waals surface area contributed by atoms with Crippen molar-refractivity contribution < 1.29 is 4.42 Å². The highest BCUT2D eigenvalue weighted by atomic mass is 35.5. The van der Waals surface area contributed by atoms with Gasteiger partial charge in [-0.25, -0.2) is 0 Å². The van der Waals surface area contributed by atoms with Gasteiger partial charge in [-0.05, 0) is 25.1 Å². The first-order chi connectivity index (χ1) is 7.70. The third-order valence-electron chi connectivity index (χ3n) is 2.02. The highest BCUT2D eigenvalue weighted by Gasteiger charge is 2.12. The van der Waals surface area contributed by atoms with Gasteiger partial charge in [-0.1, -0.05) is 6.07 Å². The Morgan fingerprint density at radius 1 is 1.44 bits per heavy atom. The molecule has 1 atom stereocenters. The highest BCUT2D eigenvalue weighted by molar-refractivity contribution is 6.20. The molecule has 0 spiro atoms. The standard InChI is InChI=1S/C11H8ClN3O/c1-7(12)10-14-15-11(16-10)9-4-2-3-8(5-9)6-13/h2-5,7H,1H3. The maximum Gasteiger partial charge on any atom is 0.247 e. The van der Waals surface area contributed by atoms with Crippen LogP contribution in [0.25, 0.3) is 11.5 Å². The van der Waals surface area contributed by atoms with Crippen LogP contribution >= 0.6 is 11.6 Å². The van der Waals surface area contributed by atoms with Gasteiger partial charge in [-0.15, -0.1) is 21.8 Å². The van der Waals surface area contributed by atoms with Gasteiger partial charge in [0, 0.05) is 5.56 Å². The predicted octanol–water partition coefficient (Wildman–Crippen LogP) is 2.91. The van der Waals surface area contributed by atoms with E-state index < -0.39 is 0 Å². The Kier molecular flexibility index (Phi) is 2.88. The Balaban J connectivity index is 2.39. The maximum absolute atomic E-state index is 8.76. The SMILES string of the molecule is CC(Cl)c1nnc(-c2cccc(C#N)c2)o1. The zero-order valence-electron chi connectivity index (χ0n) is 8.51. The van der Waals surface area contributed by atoms with Crippen LogP contribution in [0.3, 0.4) is 0 Å². The van der Waals surface area contributed by atoms with E-state index in [0.29, 0.717) is 17.3 Å². The molecule has 4 nitrogen and oxygen atoms in total. The van der Waals surface area contributed by atoms with Crippen LogP contribution in [0.5, 0.6) is 0 Å². The lowest BCUT2D eigenvalue weighted by atomic mass is 10.1. The van der Waals surface area contributed by atoms with Crippen LogP contribution in [0, 0.1) is 11.3 Å². The molecule has 0 N–H and O–H groups in total. The van der Waals surface area contributed by atoms with Crippen molar-refractivity contribution in [1.82, 2.24) is 10.2 Å². The van der Waals surface area contributed by atoms with Gasteiger partial charge >= 0.3 is 0 Å². The molecular formula is C11H8ClN3O. The minimum absolute atomic E-state index is 0.319. The summed E-state index contributed by atoms with van der Waals surface area (Å²) in [6.45, 7) is 1.75. The van der Waals surface area contributed by atoms with Crippen molar-refractivity contribution in [2.75, 3.05) is 0 Å². The van der Waals surface area contributed by atoms with Gasteiger partial charge in [-0.2, -0.15) is 5.26 Å². The molecule has 0 aliphatic heterocycles. The largest absolute Gasteiger partial charge is 0.419 e. The van der Waals surface area contributed by atoms with Crippen molar-refractivity contribution in [1.29, 1.82) is 5.26 Å². The zero-order valence-corrected chi connectivity index (χ0v) is 9.27. The molecule has 0 saturated heterocycles. The molecule has 2 aromatic rings. The molecule has 0 amide bonds. The molecule has 1 aromatic carbocycles. The summed E-state index contributed by atoms with van der Waals surface area (Å²) in [5.74, 6) is 0.749. The second-order valence-corrected chi connectivity index (χ2v) is 3.91. The normalized spacial score (nSPS) is 12.1. The van der Waals surface area contributed by atoms with E-state index in [1.807, 2.05) is 0 Å². The molecule has 0 saturated carbocycles. The minimum Gasteiger partial charge on any atom is -0.419 e. The topological polar surface area (TPSA) is 62.7 Å². The number of rotatable bonds is 2. The molecular weight excluding hydrogens is 226 g/mol. The zero-order chi connectivity index (χ0) is 11.5. The van der Waals surface area contributed by atoms with E-state index in [1.165, 1.54) is 0 Å². The maximum atomic E-state index is 8.76. The third-order valence-corrected chi connectivity index (χ3v) is 2.21. The Bertz CT molecular complexity index is 542. The number of hydrogen-bond donors (Lipinski definition) is 0.